The van der Waals surface area contributed by atoms with Crippen molar-refractivity contribution in [1.82, 2.24) is 9.21 Å². The second kappa shape index (κ2) is 8.27. The minimum atomic E-state index is -3.43. The minimum absolute atomic E-state index is 0.103. The highest BCUT2D eigenvalue weighted by molar-refractivity contribution is 7.89. The molecular formula is C17H25N3O4S. The number of benzene rings is 1. The zero-order valence-corrected chi connectivity index (χ0v) is 15.1. The molecule has 138 valence electrons. The number of anilines is 1. The number of rotatable bonds is 5. The van der Waals surface area contributed by atoms with Crippen molar-refractivity contribution in [2.75, 3.05) is 51.3 Å². The summed E-state index contributed by atoms with van der Waals surface area (Å²) in [6.45, 7) is 4.28. The largest absolute Gasteiger partial charge is 0.379 e. The van der Waals surface area contributed by atoms with E-state index >= 15 is 0 Å². The van der Waals surface area contributed by atoms with Crippen LogP contribution in [0.15, 0.2) is 29.2 Å². The Kier molecular flexibility index (Phi) is 6.06. The molecule has 3 rings (SSSR count). The summed E-state index contributed by atoms with van der Waals surface area (Å²) in [7, 11) is -3.43. The van der Waals surface area contributed by atoms with Crippen LogP contribution >= 0.6 is 0 Å². The highest BCUT2D eigenvalue weighted by Gasteiger charge is 2.25. The highest BCUT2D eigenvalue weighted by Crippen LogP contribution is 2.22. The second-order valence-corrected chi connectivity index (χ2v) is 8.36. The molecule has 2 fully saturated rings. The van der Waals surface area contributed by atoms with Crippen LogP contribution in [-0.2, 0) is 19.6 Å². The van der Waals surface area contributed by atoms with E-state index in [0.29, 0.717) is 38.5 Å². The summed E-state index contributed by atoms with van der Waals surface area (Å²) in [5.74, 6) is -0.103. The van der Waals surface area contributed by atoms with E-state index in [1.807, 2.05) is 4.90 Å². The molecule has 0 unspecified atom stereocenters. The van der Waals surface area contributed by atoms with Crippen molar-refractivity contribution < 1.29 is 17.9 Å². The molecule has 0 bridgehead atoms. The Bertz CT molecular complexity index is 678. The third-order valence-electron chi connectivity index (χ3n) is 4.56. The number of nitrogens with one attached hydrogen (secondary N) is 1. The Morgan fingerprint density at radius 1 is 1.00 bits per heavy atom. The third kappa shape index (κ3) is 4.78. The summed E-state index contributed by atoms with van der Waals surface area (Å²) >= 11 is 0. The van der Waals surface area contributed by atoms with Crippen LogP contribution in [0.1, 0.15) is 19.3 Å². The molecule has 0 spiro atoms. The summed E-state index contributed by atoms with van der Waals surface area (Å²) < 4.78 is 32.0. The Morgan fingerprint density at radius 2 is 1.64 bits per heavy atom. The van der Waals surface area contributed by atoms with Gasteiger partial charge in [0.1, 0.15) is 0 Å². The van der Waals surface area contributed by atoms with Crippen LogP contribution in [0.25, 0.3) is 0 Å². The molecule has 0 radical (unpaired) electrons. The zero-order valence-electron chi connectivity index (χ0n) is 14.3. The number of ether oxygens (including phenoxy) is 1. The van der Waals surface area contributed by atoms with Gasteiger partial charge in [-0.2, -0.15) is 4.31 Å². The summed E-state index contributed by atoms with van der Waals surface area (Å²) in [4.78, 5) is 14.4. The van der Waals surface area contributed by atoms with Crippen LogP contribution in [0.4, 0.5) is 5.69 Å². The molecule has 1 amide bonds. The van der Waals surface area contributed by atoms with Crippen LogP contribution in [-0.4, -0.2) is 69.5 Å². The molecule has 1 N–H and O–H groups in total. The van der Waals surface area contributed by atoms with Gasteiger partial charge in [-0.25, -0.2) is 8.42 Å². The van der Waals surface area contributed by atoms with Crippen LogP contribution in [0.5, 0.6) is 0 Å². The second-order valence-electron chi connectivity index (χ2n) is 6.43. The first-order valence-corrected chi connectivity index (χ1v) is 10.2. The molecular weight excluding hydrogens is 342 g/mol. The van der Waals surface area contributed by atoms with Crippen molar-refractivity contribution >= 4 is 21.6 Å². The van der Waals surface area contributed by atoms with Gasteiger partial charge in [-0.1, -0.05) is 6.42 Å². The number of morpholine rings is 1. The number of sulfonamides is 1. The molecule has 8 heteroatoms. The van der Waals surface area contributed by atoms with Crippen molar-refractivity contribution in [3.05, 3.63) is 24.3 Å². The first-order chi connectivity index (χ1) is 12.1. The van der Waals surface area contributed by atoms with Crippen LogP contribution in [0.3, 0.4) is 0 Å². The standard InChI is InChI=1S/C17H25N3O4S/c21-17(14-19-10-12-24-13-11-19)18-15-4-6-16(7-5-15)25(22,23)20-8-2-1-3-9-20/h4-7H,1-3,8-14H2,(H,18,21). The Balaban J connectivity index is 1.58. The fourth-order valence-corrected chi connectivity index (χ4v) is 4.64. The average Bonchev–Trinajstić information content (AvgIpc) is 2.63. The molecule has 7 nitrogen and oxygen atoms in total. The zero-order chi connectivity index (χ0) is 17.7. The maximum atomic E-state index is 12.6. The summed E-state index contributed by atoms with van der Waals surface area (Å²) in [6.07, 6.45) is 2.91. The van der Waals surface area contributed by atoms with Gasteiger partial charge in [-0.15, -0.1) is 0 Å². The van der Waals surface area contributed by atoms with E-state index in [-0.39, 0.29) is 10.8 Å². The van der Waals surface area contributed by atoms with Gasteiger partial charge in [0.25, 0.3) is 0 Å². The van der Waals surface area contributed by atoms with Crippen LogP contribution in [0, 0.1) is 0 Å². The smallest absolute Gasteiger partial charge is 0.243 e. The number of carbonyl (C=O) groups is 1. The van der Waals surface area contributed by atoms with E-state index < -0.39 is 10.0 Å². The first-order valence-electron chi connectivity index (χ1n) is 8.76. The van der Waals surface area contributed by atoms with Gasteiger partial charge in [-0.3, -0.25) is 9.69 Å². The fourth-order valence-electron chi connectivity index (χ4n) is 3.13. The minimum Gasteiger partial charge on any atom is -0.379 e. The maximum Gasteiger partial charge on any atom is 0.243 e. The quantitative estimate of drug-likeness (QED) is 0.844. The number of hydrogen-bond acceptors (Lipinski definition) is 5. The lowest BCUT2D eigenvalue weighted by molar-refractivity contribution is -0.118. The van der Waals surface area contributed by atoms with Crippen molar-refractivity contribution in [2.45, 2.75) is 24.2 Å². The average molecular weight is 367 g/mol. The molecule has 1 aromatic carbocycles. The van der Waals surface area contributed by atoms with E-state index in [1.165, 1.54) is 0 Å². The van der Waals surface area contributed by atoms with Gasteiger partial charge in [0.05, 0.1) is 24.7 Å². The molecule has 25 heavy (non-hydrogen) atoms. The number of amides is 1. The molecule has 2 saturated heterocycles. The van der Waals surface area contributed by atoms with E-state index in [1.54, 1.807) is 28.6 Å². The third-order valence-corrected chi connectivity index (χ3v) is 6.47. The Morgan fingerprint density at radius 3 is 2.28 bits per heavy atom. The molecule has 0 aromatic heterocycles. The number of hydrogen-bond donors (Lipinski definition) is 1. The van der Waals surface area contributed by atoms with Gasteiger partial charge in [0, 0.05) is 31.9 Å². The van der Waals surface area contributed by atoms with Gasteiger partial charge >= 0.3 is 0 Å². The van der Waals surface area contributed by atoms with E-state index in [2.05, 4.69) is 5.32 Å². The molecule has 1 aromatic rings. The van der Waals surface area contributed by atoms with Crippen molar-refractivity contribution in [3.63, 3.8) is 0 Å². The molecule has 2 aliphatic heterocycles. The predicted molar refractivity (Wildman–Crippen MR) is 94.9 cm³/mol. The van der Waals surface area contributed by atoms with Crippen molar-refractivity contribution in [3.8, 4) is 0 Å². The van der Waals surface area contributed by atoms with Crippen LogP contribution < -0.4 is 5.32 Å². The Hall–Kier alpha value is -1.48. The molecule has 0 aliphatic carbocycles. The molecule has 0 saturated carbocycles. The van der Waals surface area contributed by atoms with Gasteiger partial charge < -0.3 is 10.1 Å². The number of carbonyl (C=O) groups excluding carboxylic acids is 1. The van der Waals surface area contributed by atoms with Gasteiger partial charge in [0.2, 0.25) is 15.9 Å². The maximum absolute atomic E-state index is 12.6. The van der Waals surface area contributed by atoms with E-state index in [9.17, 15) is 13.2 Å². The van der Waals surface area contributed by atoms with Gasteiger partial charge in [-0.05, 0) is 37.1 Å². The summed E-state index contributed by atoms with van der Waals surface area (Å²) in [5, 5.41) is 2.82. The van der Waals surface area contributed by atoms with Crippen LogP contribution in [0.2, 0.25) is 0 Å². The fraction of sp³-hybridized carbons (Fsp3) is 0.588. The monoisotopic (exact) mass is 367 g/mol. The molecule has 2 heterocycles. The van der Waals surface area contributed by atoms with E-state index in [4.69, 9.17) is 4.74 Å². The number of nitrogens with zero attached hydrogens (tertiary/aromatic N) is 2. The lowest BCUT2D eigenvalue weighted by Crippen LogP contribution is -2.41. The van der Waals surface area contributed by atoms with Gasteiger partial charge in [0.15, 0.2) is 0 Å². The molecule has 2 aliphatic rings. The SMILES string of the molecule is O=C(CN1CCOCC1)Nc1ccc(S(=O)(=O)N2CCCCC2)cc1. The predicted octanol–water partition coefficient (Wildman–Crippen LogP) is 1.13. The highest BCUT2D eigenvalue weighted by atomic mass is 32.2. The number of piperidine rings is 1. The first kappa shape index (κ1) is 18.3. The molecule has 0 atom stereocenters. The summed E-state index contributed by atoms with van der Waals surface area (Å²) in [6, 6.07) is 6.42. The van der Waals surface area contributed by atoms with E-state index in [0.717, 1.165) is 32.4 Å². The van der Waals surface area contributed by atoms with Crippen molar-refractivity contribution in [2.24, 2.45) is 0 Å². The Labute approximate surface area is 149 Å². The summed E-state index contributed by atoms with van der Waals surface area (Å²) in [5.41, 5.74) is 0.607. The topological polar surface area (TPSA) is 79.0 Å². The van der Waals surface area contributed by atoms with Crippen molar-refractivity contribution in [1.29, 1.82) is 0 Å². The lowest BCUT2D eigenvalue weighted by Gasteiger charge is -2.26. The normalized spacial score (nSPS) is 20.3. The lowest BCUT2D eigenvalue weighted by atomic mass is 10.2.